The molecule has 148 valence electrons. The van der Waals surface area contributed by atoms with E-state index in [1.165, 1.54) is 0 Å². The number of hydrogen-bond acceptors (Lipinski definition) is 5. The molecule has 2 aromatic rings. The van der Waals surface area contributed by atoms with Gasteiger partial charge in [0.15, 0.2) is 18.1 Å². The number of nitrogens with zero attached hydrogens (tertiary/aromatic N) is 1. The van der Waals surface area contributed by atoms with Crippen molar-refractivity contribution in [2.45, 2.75) is 0 Å². The molecular formula is C20H21ClN2O4S. The van der Waals surface area contributed by atoms with E-state index in [2.05, 4.69) is 10.2 Å². The second kappa shape index (κ2) is 9.73. The number of benzene rings is 2. The number of thiocarbonyl (C=S) groups is 1. The monoisotopic (exact) mass is 420 g/mol. The van der Waals surface area contributed by atoms with Gasteiger partial charge in [-0.1, -0.05) is 23.8 Å². The number of anilines is 1. The van der Waals surface area contributed by atoms with Crippen LogP contribution in [0.15, 0.2) is 42.5 Å². The zero-order valence-corrected chi connectivity index (χ0v) is 17.0. The zero-order chi connectivity index (χ0) is 19.9. The van der Waals surface area contributed by atoms with Crippen LogP contribution in [0.4, 0.5) is 5.69 Å². The van der Waals surface area contributed by atoms with Gasteiger partial charge in [-0.05, 0) is 42.5 Å². The Morgan fingerprint density at radius 1 is 1.18 bits per heavy atom. The minimum Gasteiger partial charge on any atom is -0.493 e. The van der Waals surface area contributed by atoms with Crippen LogP contribution in [-0.2, 0) is 9.53 Å². The highest BCUT2D eigenvalue weighted by molar-refractivity contribution is 7.80. The number of nitrogens with one attached hydrogen (secondary N) is 1. The first-order chi connectivity index (χ1) is 13.6. The molecule has 1 amide bonds. The maximum Gasteiger partial charge on any atom is 0.262 e. The highest BCUT2D eigenvalue weighted by atomic mass is 35.5. The number of carbonyl (C=O) groups excluding carboxylic acids is 1. The number of amides is 1. The van der Waals surface area contributed by atoms with E-state index in [4.69, 9.17) is 38.0 Å². The van der Waals surface area contributed by atoms with Crippen LogP contribution in [0.1, 0.15) is 5.56 Å². The van der Waals surface area contributed by atoms with Crippen molar-refractivity contribution in [1.29, 1.82) is 0 Å². The van der Waals surface area contributed by atoms with Crippen molar-refractivity contribution >= 4 is 40.4 Å². The SMILES string of the molecule is COc1cc(C(=S)N2CCOCC2)ccc1OCC(=O)Nc1ccc(Cl)cc1. The Bertz CT molecular complexity index is 839. The molecule has 2 aromatic carbocycles. The summed E-state index contributed by atoms with van der Waals surface area (Å²) >= 11 is 11.4. The predicted molar refractivity (Wildman–Crippen MR) is 113 cm³/mol. The fourth-order valence-corrected chi connectivity index (χ4v) is 3.18. The fourth-order valence-electron chi connectivity index (χ4n) is 2.74. The second-order valence-electron chi connectivity index (χ2n) is 6.11. The molecule has 1 fully saturated rings. The second-order valence-corrected chi connectivity index (χ2v) is 6.94. The third kappa shape index (κ3) is 5.34. The molecular weight excluding hydrogens is 400 g/mol. The van der Waals surface area contributed by atoms with E-state index in [-0.39, 0.29) is 12.5 Å². The number of carbonyl (C=O) groups is 1. The van der Waals surface area contributed by atoms with Crippen molar-refractivity contribution in [3.63, 3.8) is 0 Å². The van der Waals surface area contributed by atoms with Crippen molar-refractivity contribution in [2.75, 3.05) is 45.3 Å². The lowest BCUT2D eigenvalue weighted by Gasteiger charge is -2.29. The normalized spacial score (nSPS) is 13.7. The van der Waals surface area contributed by atoms with E-state index < -0.39 is 0 Å². The first-order valence-corrected chi connectivity index (χ1v) is 9.58. The van der Waals surface area contributed by atoms with Crippen LogP contribution < -0.4 is 14.8 Å². The van der Waals surface area contributed by atoms with E-state index in [1.807, 2.05) is 12.1 Å². The fraction of sp³-hybridized carbons (Fsp3) is 0.300. The quantitative estimate of drug-likeness (QED) is 0.723. The average Bonchev–Trinajstić information content (AvgIpc) is 2.74. The summed E-state index contributed by atoms with van der Waals surface area (Å²) in [5.41, 5.74) is 1.52. The maximum absolute atomic E-state index is 12.1. The van der Waals surface area contributed by atoms with E-state index in [1.54, 1.807) is 37.4 Å². The highest BCUT2D eigenvalue weighted by Crippen LogP contribution is 2.29. The Morgan fingerprint density at radius 2 is 1.89 bits per heavy atom. The van der Waals surface area contributed by atoms with Gasteiger partial charge in [0, 0.05) is 29.4 Å². The Kier molecular flexibility index (Phi) is 7.08. The molecule has 8 heteroatoms. The van der Waals surface area contributed by atoms with Gasteiger partial charge in [-0.3, -0.25) is 4.79 Å². The largest absolute Gasteiger partial charge is 0.493 e. The summed E-state index contributed by atoms with van der Waals surface area (Å²) in [7, 11) is 1.55. The van der Waals surface area contributed by atoms with Crippen LogP contribution in [0.5, 0.6) is 11.5 Å². The molecule has 6 nitrogen and oxygen atoms in total. The smallest absolute Gasteiger partial charge is 0.262 e. The highest BCUT2D eigenvalue weighted by Gasteiger charge is 2.17. The molecule has 28 heavy (non-hydrogen) atoms. The maximum atomic E-state index is 12.1. The van der Waals surface area contributed by atoms with E-state index in [0.29, 0.717) is 35.4 Å². The Balaban J connectivity index is 1.61. The van der Waals surface area contributed by atoms with E-state index in [9.17, 15) is 4.79 Å². The summed E-state index contributed by atoms with van der Waals surface area (Å²) in [5, 5.41) is 3.35. The standard InChI is InChI=1S/C20H21ClN2O4S/c1-25-18-12-14(20(28)23-8-10-26-11-9-23)2-7-17(18)27-13-19(24)22-16-5-3-15(21)4-6-16/h2-7,12H,8-11,13H2,1H3,(H,22,24). The molecule has 0 atom stereocenters. The van der Waals surface area contributed by atoms with Crippen molar-refractivity contribution in [3.05, 3.63) is 53.1 Å². The summed E-state index contributed by atoms with van der Waals surface area (Å²) in [6, 6.07) is 12.3. The molecule has 1 aliphatic heterocycles. The van der Waals surface area contributed by atoms with E-state index in [0.717, 1.165) is 23.6 Å². The molecule has 0 bridgehead atoms. The lowest BCUT2D eigenvalue weighted by molar-refractivity contribution is -0.118. The summed E-state index contributed by atoms with van der Waals surface area (Å²) in [4.78, 5) is 15.0. The molecule has 0 aliphatic carbocycles. The van der Waals surface area contributed by atoms with Gasteiger partial charge in [0.1, 0.15) is 4.99 Å². The minimum atomic E-state index is -0.280. The van der Waals surface area contributed by atoms with Gasteiger partial charge in [0.2, 0.25) is 0 Å². The topological polar surface area (TPSA) is 60.0 Å². The first-order valence-electron chi connectivity index (χ1n) is 8.80. The lowest BCUT2D eigenvalue weighted by atomic mass is 10.1. The summed E-state index contributed by atoms with van der Waals surface area (Å²) in [6.45, 7) is 2.73. The Labute approximate surface area is 174 Å². The number of methoxy groups -OCH3 is 1. The number of halogens is 1. The first kappa shape index (κ1) is 20.4. The number of hydrogen-bond donors (Lipinski definition) is 1. The Hall–Kier alpha value is -2.35. The van der Waals surface area contributed by atoms with Gasteiger partial charge in [-0.2, -0.15) is 0 Å². The van der Waals surface area contributed by atoms with Crippen LogP contribution in [0.2, 0.25) is 5.02 Å². The molecule has 1 N–H and O–H groups in total. The number of ether oxygens (including phenoxy) is 3. The van der Waals surface area contributed by atoms with Gasteiger partial charge in [-0.15, -0.1) is 0 Å². The average molecular weight is 421 g/mol. The molecule has 1 aliphatic rings. The van der Waals surface area contributed by atoms with Gasteiger partial charge in [0.05, 0.1) is 20.3 Å². The molecule has 1 saturated heterocycles. The molecule has 0 unspecified atom stereocenters. The summed E-state index contributed by atoms with van der Waals surface area (Å²) in [6.07, 6.45) is 0. The predicted octanol–water partition coefficient (Wildman–Crippen LogP) is 3.37. The molecule has 1 heterocycles. The summed E-state index contributed by atoms with van der Waals surface area (Å²) < 4.78 is 16.4. The molecule has 3 rings (SSSR count). The number of morpholine rings is 1. The third-order valence-corrected chi connectivity index (χ3v) is 4.94. The van der Waals surface area contributed by atoms with E-state index >= 15 is 0 Å². The molecule has 0 spiro atoms. The van der Waals surface area contributed by atoms with Crippen LogP contribution in [-0.4, -0.2) is 55.8 Å². The van der Waals surface area contributed by atoms with Gasteiger partial charge in [-0.25, -0.2) is 0 Å². The Morgan fingerprint density at radius 3 is 2.57 bits per heavy atom. The van der Waals surface area contributed by atoms with Crippen LogP contribution >= 0.6 is 23.8 Å². The molecule has 0 aromatic heterocycles. The lowest BCUT2D eigenvalue weighted by Crippen LogP contribution is -2.40. The van der Waals surface area contributed by atoms with Gasteiger partial charge < -0.3 is 24.4 Å². The molecule has 0 radical (unpaired) electrons. The van der Waals surface area contributed by atoms with Gasteiger partial charge in [0.25, 0.3) is 5.91 Å². The van der Waals surface area contributed by atoms with Crippen molar-refractivity contribution in [3.8, 4) is 11.5 Å². The van der Waals surface area contributed by atoms with Crippen molar-refractivity contribution in [2.24, 2.45) is 0 Å². The van der Waals surface area contributed by atoms with Crippen LogP contribution in [0.25, 0.3) is 0 Å². The van der Waals surface area contributed by atoms with Crippen LogP contribution in [0, 0.1) is 0 Å². The van der Waals surface area contributed by atoms with Crippen LogP contribution in [0.3, 0.4) is 0 Å². The van der Waals surface area contributed by atoms with Crippen molar-refractivity contribution < 1.29 is 19.0 Å². The number of rotatable bonds is 6. The third-order valence-electron chi connectivity index (χ3n) is 4.20. The van der Waals surface area contributed by atoms with Gasteiger partial charge >= 0.3 is 0 Å². The minimum absolute atomic E-state index is 0.147. The summed E-state index contributed by atoms with van der Waals surface area (Å²) in [5.74, 6) is 0.715. The zero-order valence-electron chi connectivity index (χ0n) is 15.4. The van der Waals surface area contributed by atoms with Crippen molar-refractivity contribution in [1.82, 2.24) is 4.90 Å². The molecule has 0 saturated carbocycles.